The molecule has 1 aromatic rings. The summed E-state index contributed by atoms with van der Waals surface area (Å²) in [4.78, 5) is 14.2. The Labute approximate surface area is 123 Å². The van der Waals surface area contributed by atoms with E-state index in [1.165, 1.54) is 11.3 Å². The third kappa shape index (κ3) is 3.89. The van der Waals surface area contributed by atoms with E-state index < -0.39 is 0 Å². The molecule has 0 saturated carbocycles. The molecule has 1 fully saturated rings. The van der Waals surface area contributed by atoms with Crippen molar-refractivity contribution in [1.29, 1.82) is 0 Å². The first-order valence-corrected chi connectivity index (χ1v) is 8.04. The second-order valence-corrected chi connectivity index (χ2v) is 5.80. The minimum absolute atomic E-state index is 0.0509. The van der Waals surface area contributed by atoms with Gasteiger partial charge in [-0.2, -0.15) is 0 Å². The van der Waals surface area contributed by atoms with E-state index in [4.69, 9.17) is 4.74 Å². The quantitative estimate of drug-likeness (QED) is 0.834. The van der Waals surface area contributed by atoms with Crippen LogP contribution >= 0.6 is 11.3 Å². The van der Waals surface area contributed by atoms with Gasteiger partial charge in [0.1, 0.15) is 0 Å². The number of hydrogen-bond acceptors (Lipinski definition) is 6. The Balaban J connectivity index is 1.94. The molecule has 0 bridgehead atoms. The number of aromatic nitrogens is 2. The van der Waals surface area contributed by atoms with Crippen LogP contribution in [0.3, 0.4) is 0 Å². The van der Waals surface area contributed by atoms with E-state index in [0.717, 1.165) is 32.4 Å². The number of carbonyl (C=O) groups is 1. The minimum atomic E-state index is -0.0509. The van der Waals surface area contributed by atoms with E-state index in [1.807, 2.05) is 6.92 Å². The summed E-state index contributed by atoms with van der Waals surface area (Å²) in [5.74, 6) is -0.0509. The molecule has 1 aromatic heterocycles. The Bertz CT molecular complexity index is 432. The standard InChI is InChI=1S/C13H22N4O2S/c1-3-7-14-13-16-15-11(20-13)12(18)17(4-2)9-10-6-5-8-19-10/h10H,3-9H2,1-2H3,(H,14,16). The molecule has 1 saturated heterocycles. The summed E-state index contributed by atoms with van der Waals surface area (Å²) >= 11 is 1.32. The number of rotatable bonds is 7. The highest BCUT2D eigenvalue weighted by Gasteiger charge is 2.24. The molecule has 7 heteroatoms. The fourth-order valence-electron chi connectivity index (χ4n) is 2.14. The van der Waals surface area contributed by atoms with Crippen LogP contribution in [0, 0.1) is 0 Å². The number of hydrogen-bond donors (Lipinski definition) is 1. The van der Waals surface area contributed by atoms with Crippen LogP contribution in [-0.2, 0) is 4.74 Å². The molecule has 112 valence electrons. The third-order valence-corrected chi connectivity index (χ3v) is 4.12. The first kappa shape index (κ1) is 15.2. The Morgan fingerprint density at radius 3 is 3.00 bits per heavy atom. The highest BCUT2D eigenvalue weighted by molar-refractivity contribution is 7.17. The summed E-state index contributed by atoms with van der Waals surface area (Å²) < 4.78 is 5.59. The van der Waals surface area contributed by atoms with Crippen LogP contribution in [0.4, 0.5) is 5.13 Å². The SMILES string of the molecule is CCCNc1nnc(C(=O)N(CC)CC2CCCO2)s1. The Morgan fingerprint density at radius 1 is 1.50 bits per heavy atom. The molecule has 1 N–H and O–H groups in total. The van der Waals surface area contributed by atoms with Crippen LogP contribution < -0.4 is 5.32 Å². The fourth-order valence-corrected chi connectivity index (χ4v) is 2.88. The summed E-state index contributed by atoms with van der Waals surface area (Å²) in [6.45, 7) is 7.02. The molecule has 1 amide bonds. The van der Waals surface area contributed by atoms with Crippen molar-refractivity contribution in [3.8, 4) is 0 Å². The normalized spacial score (nSPS) is 18.2. The molecule has 2 heterocycles. The summed E-state index contributed by atoms with van der Waals surface area (Å²) in [6.07, 6.45) is 3.30. The lowest BCUT2D eigenvalue weighted by Gasteiger charge is -2.22. The summed E-state index contributed by atoms with van der Waals surface area (Å²) in [5.41, 5.74) is 0. The van der Waals surface area contributed by atoms with Crippen LogP contribution in [0.15, 0.2) is 0 Å². The van der Waals surface area contributed by atoms with Crippen molar-refractivity contribution in [3.63, 3.8) is 0 Å². The summed E-state index contributed by atoms with van der Waals surface area (Å²) in [7, 11) is 0. The number of carbonyl (C=O) groups excluding carboxylic acids is 1. The highest BCUT2D eigenvalue weighted by atomic mass is 32.1. The fraction of sp³-hybridized carbons (Fsp3) is 0.769. The largest absolute Gasteiger partial charge is 0.376 e. The predicted molar refractivity (Wildman–Crippen MR) is 79.2 cm³/mol. The lowest BCUT2D eigenvalue weighted by molar-refractivity contribution is 0.0538. The van der Waals surface area contributed by atoms with Crippen LogP contribution in [-0.4, -0.2) is 53.3 Å². The van der Waals surface area contributed by atoms with E-state index in [-0.39, 0.29) is 12.0 Å². The van der Waals surface area contributed by atoms with E-state index in [9.17, 15) is 4.79 Å². The topological polar surface area (TPSA) is 67.4 Å². The monoisotopic (exact) mass is 298 g/mol. The molecule has 1 atom stereocenters. The van der Waals surface area contributed by atoms with E-state index in [1.54, 1.807) is 4.90 Å². The van der Waals surface area contributed by atoms with Gasteiger partial charge in [0.25, 0.3) is 5.91 Å². The van der Waals surface area contributed by atoms with E-state index in [0.29, 0.717) is 23.2 Å². The van der Waals surface area contributed by atoms with Gasteiger partial charge < -0.3 is 15.0 Å². The summed E-state index contributed by atoms with van der Waals surface area (Å²) in [5, 5.41) is 12.3. The smallest absolute Gasteiger partial charge is 0.284 e. The van der Waals surface area contributed by atoms with Gasteiger partial charge in [0.2, 0.25) is 10.1 Å². The predicted octanol–water partition coefficient (Wildman–Crippen LogP) is 2.00. The van der Waals surface area contributed by atoms with Crippen molar-refractivity contribution in [2.45, 2.75) is 39.2 Å². The van der Waals surface area contributed by atoms with Crippen molar-refractivity contribution in [2.75, 3.05) is 31.6 Å². The highest BCUT2D eigenvalue weighted by Crippen LogP contribution is 2.19. The molecule has 6 nitrogen and oxygen atoms in total. The van der Waals surface area contributed by atoms with E-state index >= 15 is 0 Å². The average Bonchev–Trinajstić information content (AvgIpc) is 3.13. The number of amides is 1. The Hall–Kier alpha value is -1.21. The molecule has 20 heavy (non-hydrogen) atoms. The Kier molecular flexibility index (Phi) is 5.72. The first-order chi connectivity index (χ1) is 9.74. The average molecular weight is 298 g/mol. The van der Waals surface area contributed by atoms with Gasteiger partial charge in [0.15, 0.2) is 0 Å². The molecule has 2 rings (SSSR count). The zero-order chi connectivity index (χ0) is 14.4. The number of ether oxygens (including phenoxy) is 1. The maximum absolute atomic E-state index is 12.4. The van der Waals surface area contributed by atoms with Gasteiger partial charge in [-0.3, -0.25) is 4.79 Å². The number of likely N-dealkylation sites (N-methyl/N-ethyl adjacent to an activating group) is 1. The molecule has 1 unspecified atom stereocenters. The molecule has 0 spiro atoms. The number of anilines is 1. The van der Waals surface area contributed by atoms with Gasteiger partial charge in [-0.25, -0.2) is 0 Å². The number of nitrogens with zero attached hydrogens (tertiary/aromatic N) is 3. The van der Waals surface area contributed by atoms with Crippen LogP contribution in [0.2, 0.25) is 0 Å². The lowest BCUT2D eigenvalue weighted by Crippen LogP contribution is -2.37. The van der Waals surface area contributed by atoms with Gasteiger partial charge in [-0.05, 0) is 26.2 Å². The van der Waals surface area contributed by atoms with Crippen molar-refractivity contribution in [3.05, 3.63) is 5.01 Å². The Morgan fingerprint density at radius 2 is 2.35 bits per heavy atom. The van der Waals surface area contributed by atoms with Gasteiger partial charge >= 0.3 is 0 Å². The second kappa shape index (κ2) is 7.54. The van der Waals surface area contributed by atoms with Crippen molar-refractivity contribution in [1.82, 2.24) is 15.1 Å². The molecular weight excluding hydrogens is 276 g/mol. The second-order valence-electron chi connectivity index (χ2n) is 4.82. The van der Waals surface area contributed by atoms with Crippen molar-refractivity contribution in [2.24, 2.45) is 0 Å². The van der Waals surface area contributed by atoms with Gasteiger partial charge in [-0.15, -0.1) is 10.2 Å². The zero-order valence-electron chi connectivity index (χ0n) is 12.1. The summed E-state index contributed by atoms with van der Waals surface area (Å²) in [6, 6.07) is 0. The van der Waals surface area contributed by atoms with Crippen LogP contribution in [0.25, 0.3) is 0 Å². The minimum Gasteiger partial charge on any atom is -0.376 e. The first-order valence-electron chi connectivity index (χ1n) is 7.22. The van der Waals surface area contributed by atoms with Gasteiger partial charge in [-0.1, -0.05) is 18.3 Å². The molecule has 1 aliphatic rings. The van der Waals surface area contributed by atoms with Gasteiger partial charge in [0.05, 0.1) is 6.10 Å². The lowest BCUT2D eigenvalue weighted by atomic mass is 10.2. The van der Waals surface area contributed by atoms with Crippen molar-refractivity contribution < 1.29 is 9.53 Å². The van der Waals surface area contributed by atoms with E-state index in [2.05, 4.69) is 22.4 Å². The van der Waals surface area contributed by atoms with Crippen LogP contribution in [0.5, 0.6) is 0 Å². The van der Waals surface area contributed by atoms with Gasteiger partial charge in [0, 0.05) is 26.2 Å². The van der Waals surface area contributed by atoms with Crippen LogP contribution in [0.1, 0.15) is 42.9 Å². The maximum Gasteiger partial charge on any atom is 0.284 e. The molecule has 0 aromatic carbocycles. The zero-order valence-corrected chi connectivity index (χ0v) is 12.9. The molecule has 0 radical (unpaired) electrons. The molecule has 0 aliphatic carbocycles. The van der Waals surface area contributed by atoms with Crippen molar-refractivity contribution >= 4 is 22.4 Å². The maximum atomic E-state index is 12.4. The third-order valence-electron chi connectivity index (χ3n) is 3.25. The molecular formula is C13H22N4O2S. The molecule has 1 aliphatic heterocycles. The number of nitrogens with one attached hydrogen (secondary N) is 1.